The van der Waals surface area contributed by atoms with Crippen molar-refractivity contribution in [2.24, 2.45) is 5.73 Å². The molecule has 0 aliphatic rings. The Labute approximate surface area is 126 Å². The van der Waals surface area contributed by atoms with E-state index in [1.165, 1.54) is 26.2 Å². The third-order valence-corrected chi connectivity index (χ3v) is 5.40. The van der Waals surface area contributed by atoms with E-state index >= 15 is 0 Å². The Balaban J connectivity index is 3.06. The minimum atomic E-state index is -3.53. The van der Waals surface area contributed by atoms with E-state index in [4.69, 9.17) is 5.73 Å². The Morgan fingerprint density at radius 3 is 2.33 bits per heavy atom. The summed E-state index contributed by atoms with van der Waals surface area (Å²) in [6, 6.07) is 6.14. The van der Waals surface area contributed by atoms with Gasteiger partial charge in [0.1, 0.15) is 0 Å². The summed E-state index contributed by atoms with van der Waals surface area (Å²) < 4.78 is 25.3. The molecule has 1 rings (SSSR count). The molecule has 0 aliphatic carbocycles. The molecule has 1 aromatic rings. The van der Waals surface area contributed by atoms with Crippen LogP contribution in [0.2, 0.25) is 0 Å². The molecule has 6 nitrogen and oxygen atoms in total. The summed E-state index contributed by atoms with van der Waals surface area (Å²) >= 11 is 0. The van der Waals surface area contributed by atoms with Gasteiger partial charge in [-0.15, -0.1) is 0 Å². The number of carbonyl (C=O) groups excluding carboxylic acids is 1. The van der Waals surface area contributed by atoms with E-state index in [2.05, 4.69) is 5.32 Å². The Hall–Kier alpha value is -1.44. The summed E-state index contributed by atoms with van der Waals surface area (Å²) in [4.78, 5) is 12.3. The second-order valence-corrected chi connectivity index (χ2v) is 7.28. The normalized spacial score (nSPS) is 12.5. The van der Waals surface area contributed by atoms with Gasteiger partial charge in [-0.05, 0) is 31.0 Å². The van der Waals surface area contributed by atoms with Gasteiger partial charge in [-0.1, -0.05) is 19.9 Å². The van der Waals surface area contributed by atoms with Crippen molar-refractivity contribution in [2.75, 3.05) is 19.4 Å². The average molecular weight is 313 g/mol. The first-order chi connectivity index (χ1) is 9.67. The summed E-state index contributed by atoms with van der Waals surface area (Å²) in [6.07, 6.45) is 1.01. The fourth-order valence-electron chi connectivity index (χ4n) is 1.77. The van der Waals surface area contributed by atoms with Gasteiger partial charge in [0.05, 0.1) is 10.4 Å². The van der Waals surface area contributed by atoms with Gasteiger partial charge in [-0.3, -0.25) is 4.79 Å². The number of hydrogen-bond acceptors (Lipinski definition) is 4. The molecule has 0 heterocycles. The molecule has 0 fully saturated rings. The Kier molecular flexibility index (Phi) is 5.49. The third kappa shape index (κ3) is 3.81. The fourth-order valence-corrected chi connectivity index (χ4v) is 2.72. The summed E-state index contributed by atoms with van der Waals surface area (Å²) in [5.74, 6) is -0.313. The van der Waals surface area contributed by atoms with Crippen LogP contribution in [0.1, 0.15) is 26.7 Å². The Bertz CT molecular complexity index is 608. The van der Waals surface area contributed by atoms with Gasteiger partial charge in [0.25, 0.3) is 0 Å². The second kappa shape index (κ2) is 6.55. The molecule has 1 aromatic carbocycles. The highest BCUT2D eigenvalue weighted by atomic mass is 32.2. The van der Waals surface area contributed by atoms with Gasteiger partial charge in [0, 0.05) is 19.8 Å². The molecule has 0 radical (unpaired) electrons. The number of amides is 1. The molecule has 21 heavy (non-hydrogen) atoms. The van der Waals surface area contributed by atoms with Gasteiger partial charge >= 0.3 is 0 Å². The number of carbonyl (C=O) groups is 1. The molecule has 0 saturated carbocycles. The van der Waals surface area contributed by atoms with E-state index in [1.807, 2.05) is 13.8 Å². The molecule has 0 aromatic heterocycles. The SMILES string of the molecule is CCC(N)(CC)C(=O)Nc1cccc(S(=O)(=O)N(C)C)c1. The zero-order chi connectivity index (χ0) is 16.3. The molecule has 7 heteroatoms. The van der Waals surface area contributed by atoms with E-state index in [9.17, 15) is 13.2 Å². The quantitative estimate of drug-likeness (QED) is 0.830. The molecule has 3 N–H and O–H groups in total. The number of nitrogens with two attached hydrogens (primary N) is 1. The highest BCUT2D eigenvalue weighted by molar-refractivity contribution is 7.89. The summed E-state index contributed by atoms with van der Waals surface area (Å²) in [5, 5.41) is 2.69. The average Bonchev–Trinajstić information content (AvgIpc) is 2.46. The summed E-state index contributed by atoms with van der Waals surface area (Å²) in [7, 11) is -0.615. The minimum absolute atomic E-state index is 0.126. The molecule has 0 saturated heterocycles. The first-order valence-electron chi connectivity index (χ1n) is 6.80. The molecule has 0 bridgehead atoms. The monoisotopic (exact) mass is 313 g/mol. The second-order valence-electron chi connectivity index (χ2n) is 5.13. The molecule has 1 amide bonds. The molecule has 0 aliphatic heterocycles. The van der Waals surface area contributed by atoms with Gasteiger partial charge < -0.3 is 11.1 Å². The maximum Gasteiger partial charge on any atom is 0.244 e. The topological polar surface area (TPSA) is 92.5 Å². The van der Waals surface area contributed by atoms with Crippen LogP contribution in [0.5, 0.6) is 0 Å². The van der Waals surface area contributed by atoms with Crippen LogP contribution in [0.25, 0.3) is 0 Å². The number of rotatable bonds is 6. The maximum absolute atomic E-state index is 12.2. The smallest absolute Gasteiger partial charge is 0.244 e. The lowest BCUT2D eigenvalue weighted by Gasteiger charge is -2.25. The molecule has 118 valence electrons. The fraction of sp³-hybridized carbons (Fsp3) is 0.500. The van der Waals surface area contributed by atoms with Crippen LogP contribution in [0.15, 0.2) is 29.2 Å². The highest BCUT2D eigenvalue weighted by Gasteiger charge is 2.30. The van der Waals surface area contributed by atoms with Crippen molar-refractivity contribution in [1.82, 2.24) is 4.31 Å². The van der Waals surface area contributed by atoms with Gasteiger partial charge in [-0.25, -0.2) is 12.7 Å². The molecule has 0 unspecified atom stereocenters. The maximum atomic E-state index is 12.2. The number of nitrogens with zero attached hydrogens (tertiary/aromatic N) is 1. The Morgan fingerprint density at radius 2 is 1.86 bits per heavy atom. The summed E-state index contributed by atoms with van der Waals surface area (Å²) in [6.45, 7) is 3.69. The van der Waals surface area contributed by atoms with E-state index in [1.54, 1.807) is 12.1 Å². The van der Waals surface area contributed by atoms with Crippen LogP contribution in [0.3, 0.4) is 0 Å². The molecule has 0 atom stereocenters. The number of nitrogens with one attached hydrogen (secondary N) is 1. The largest absolute Gasteiger partial charge is 0.324 e. The lowest BCUT2D eigenvalue weighted by Crippen LogP contribution is -2.50. The number of sulfonamides is 1. The van der Waals surface area contributed by atoms with Gasteiger partial charge in [0.15, 0.2) is 0 Å². The summed E-state index contributed by atoms with van der Waals surface area (Å²) in [5.41, 5.74) is 5.49. The number of hydrogen-bond donors (Lipinski definition) is 2. The first kappa shape index (κ1) is 17.6. The van der Waals surface area contributed by atoms with Crippen LogP contribution in [-0.4, -0.2) is 38.3 Å². The van der Waals surface area contributed by atoms with Crippen molar-refractivity contribution in [3.05, 3.63) is 24.3 Å². The van der Waals surface area contributed by atoms with Crippen molar-refractivity contribution >= 4 is 21.6 Å². The molecule has 0 spiro atoms. The van der Waals surface area contributed by atoms with Crippen LogP contribution >= 0.6 is 0 Å². The van der Waals surface area contributed by atoms with Crippen LogP contribution in [0, 0.1) is 0 Å². The number of benzene rings is 1. The highest BCUT2D eigenvalue weighted by Crippen LogP contribution is 2.20. The predicted molar refractivity (Wildman–Crippen MR) is 83.4 cm³/mol. The van der Waals surface area contributed by atoms with E-state index in [0.29, 0.717) is 18.5 Å². The lowest BCUT2D eigenvalue weighted by atomic mass is 9.93. The molecular formula is C14H23N3O3S. The lowest BCUT2D eigenvalue weighted by molar-refractivity contribution is -0.121. The number of anilines is 1. The van der Waals surface area contributed by atoms with Crippen LogP contribution < -0.4 is 11.1 Å². The van der Waals surface area contributed by atoms with Crippen molar-refractivity contribution in [1.29, 1.82) is 0 Å². The van der Waals surface area contributed by atoms with Crippen molar-refractivity contribution < 1.29 is 13.2 Å². The van der Waals surface area contributed by atoms with E-state index in [-0.39, 0.29) is 10.8 Å². The predicted octanol–water partition coefficient (Wildman–Crippen LogP) is 1.39. The Morgan fingerprint density at radius 1 is 1.29 bits per heavy atom. The van der Waals surface area contributed by atoms with Crippen molar-refractivity contribution in [2.45, 2.75) is 37.1 Å². The first-order valence-corrected chi connectivity index (χ1v) is 8.24. The minimum Gasteiger partial charge on any atom is -0.324 e. The third-order valence-electron chi connectivity index (χ3n) is 3.58. The van der Waals surface area contributed by atoms with E-state index < -0.39 is 15.6 Å². The van der Waals surface area contributed by atoms with Gasteiger partial charge in [0.2, 0.25) is 15.9 Å². The van der Waals surface area contributed by atoms with Crippen LogP contribution in [-0.2, 0) is 14.8 Å². The zero-order valence-corrected chi connectivity index (χ0v) is 13.7. The van der Waals surface area contributed by atoms with Gasteiger partial charge in [-0.2, -0.15) is 0 Å². The zero-order valence-electron chi connectivity index (χ0n) is 12.9. The van der Waals surface area contributed by atoms with E-state index in [0.717, 1.165) is 4.31 Å². The molecular weight excluding hydrogens is 290 g/mol. The standard InChI is InChI=1S/C14H23N3O3S/c1-5-14(15,6-2)13(18)16-11-8-7-9-12(10-11)21(19,20)17(3)4/h7-10H,5-6,15H2,1-4H3,(H,16,18). The van der Waals surface area contributed by atoms with Crippen molar-refractivity contribution in [3.8, 4) is 0 Å². The van der Waals surface area contributed by atoms with Crippen LogP contribution in [0.4, 0.5) is 5.69 Å². The van der Waals surface area contributed by atoms with Crippen molar-refractivity contribution in [3.63, 3.8) is 0 Å².